The molecule has 0 spiro atoms. The van der Waals surface area contributed by atoms with Gasteiger partial charge in [0, 0.05) is 37.9 Å². The first kappa shape index (κ1) is 23.8. The van der Waals surface area contributed by atoms with E-state index in [2.05, 4.69) is 14.9 Å². The van der Waals surface area contributed by atoms with E-state index in [9.17, 15) is 4.79 Å². The Morgan fingerprint density at radius 1 is 0.909 bits per heavy atom. The Balaban J connectivity index is 2.05. The average Bonchev–Trinajstić information content (AvgIpc) is 2.84. The Morgan fingerprint density at radius 3 is 1.91 bits per heavy atom. The molecule has 8 heteroatoms. The number of primary amides is 1. The van der Waals surface area contributed by atoms with Crippen molar-refractivity contribution in [1.82, 2.24) is 9.97 Å². The van der Waals surface area contributed by atoms with Gasteiger partial charge >= 0.3 is 0 Å². The third-order valence-electron chi connectivity index (χ3n) is 5.35. The van der Waals surface area contributed by atoms with Gasteiger partial charge in [-0.05, 0) is 47.7 Å². The minimum atomic E-state index is -0.440. The van der Waals surface area contributed by atoms with Crippen molar-refractivity contribution in [3.63, 3.8) is 0 Å². The summed E-state index contributed by atoms with van der Waals surface area (Å²) in [6, 6.07) is 9.73. The maximum absolute atomic E-state index is 11.9. The quantitative estimate of drug-likeness (QED) is 0.453. The number of nitrogens with two attached hydrogens (primary N) is 1. The maximum atomic E-state index is 11.9. The van der Waals surface area contributed by atoms with Gasteiger partial charge in [0.15, 0.2) is 11.5 Å². The molecule has 2 aromatic heterocycles. The normalized spacial score (nSPS) is 10.5. The lowest BCUT2D eigenvalue weighted by molar-refractivity contribution is -0.117. The fraction of sp³-hybridized carbons (Fsp3) is 0.320. The second-order valence-electron chi connectivity index (χ2n) is 7.51. The Labute approximate surface area is 194 Å². The van der Waals surface area contributed by atoms with Crippen LogP contribution in [0, 0.1) is 0 Å². The highest BCUT2D eigenvalue weighted by Crippen LogP contribution is 2.47. The van der Waals surface area contributed by atoms with E-state index in [1.807, 2.05) is 36.7 Å². The largest absolute Gasteiger partial charge is 0.493 e. The Morgan fingerprint density at radius 2 is 1.48 bits per heavy atom. The van der Waals surface area contributed by atoms with Crippen LogP contribution in [0.2, 0.25) is 0 Å². The fourth-order valence-corrected chi connectivity index (χ4v) is 3.82. The van der Waals surface area contributed by atoms with Crippen molar-refractivity contribution in [3.8, 4) is 17.2 Å². The van der Waals surface area contributed by atoms with Gasteiger partial charge in [-0.2, -0.15) is 0 Å². The molecule has 0 bridgehead atoms. The molecule has 2 heterocycles. The summed E-state index contributed by atoms with van der Waals surface area (Å²) in [6.07, 6.45) is 8.79. The summed E-state index contributed by atoms with van der Waals surface area (Å²) >= 11 is 0. The van der Waals surface area contributed by atoms with Crippen LogP contribution in [0.3, 0.4) is 0 Å². The molecule has 0 unspecified atom stereocenters. The van der Waals surface area contributed by atoms with Crippen molar-refractivity contribution < 1.29 is 19.0 Å². The third kappa shape index (κ3) is 6.12. The molecule has 33 heavy (non-hydrogen) atoms. The van der Waals surface area contributed by atoms with E-state index in [4.69, 9.17) is 19.9 Å². The van der Waals surface area contributed by atoms with Gasteiger partial charge in [-0.3, -0.25) is 14.8 Å². The number of anilines is 1. The predicted octanol–water partition coefficient (Wildman–Crippen LogP) is 2.82. The van der Waals surface area contributed by atoms with E-state index in [1.165, 1.54) is 0 Å². The highest BCUT2D eigenvalue weighted by atomic mass is 16.5. The lowest BCUT2D eigenvalue weighted by Gasteiger charge is -2.30. The van der Waals surface area contributed by atoms with E-state index in [1.54, 1.807) is 39.8 Å². The maximum Gasteiger partial charge on any atom is 0.221 e. The SMILES string of the molecule is COc1cc(CC(N)=O)c(N(CCc2cccnc2)CCc2cccnc2)c(OC)c1OC. The zero-order valence-corrected chi connectivity index (χ0v) is 19.3. The highest BCUT2D eigenvalue weighted by Gasteiger charge is 2.25. The number of amides is 1. The number of benzene rings is 1. The molecule has 3 rings (SSSR count). The van der Waals surface area contributed by atoms with Gasteiger partial charge in [-0.15, -0.1) is 0 Å². The molecule has 0 saturated carbocycles. The monoisotopic (exact) mass is 450 g/mol. The van der Waals surface area contributed by atoms with E-state index < -0.39 is 5.91 Å². The molecule has 3 aromatic rings. The molecule has 174 valence electrons. The summed E-state index contributed by atoms with van der Waals surface area (Å²) in [7, 11) is 4.69. The van der Waals surface area contributed by atoms with Gasteiger partial charge < -0.3 is 24.8 Å². The number of carbonyl (C=O) groups excluding carboxylic acids is 1. The fourth-order valence-electron chi connectivity index (χ4n) is 3.82. The highest BCUT2D eigenvalue weighted by molar-refractivity contribution is 5.83. The van der Waals surface area contributed by atoms with Crippen LogP contribution in [0.4, 0.5) is 5.69 Å². The molecule has 0 atom stereocenters. The van der Waals surface area contributed by atoms with E-state index >= 15 is 0 Å². The van der Waals surface area contributed by atoms with Crippen LogP contribution in [-0.2, 0) is 24.1 Å². The van der Waals surface area contributed by atoms with Gasteiger partial charge in [0.05, 0.1) is 33.4 Å². The first-order valence-electron chi connectivity index (χ1n) is 10.7. The van der Waals surface area contributed by atoms with Gasteiger partial charge in [0.1, 0.15) is 0 Å². The van der Waals surface area contributed by atoms with Crippen molar-refractivity contribution >= 4 is 11.6 Å². The van der Waals surface area contributed by atoms with E-state index in [0.29, 0.717) is 30.3 Å². The van der Waals surface area contributed by atoms with Gasteiger partial charge in [-0.1, -0.05) is 12.1 Å². The zero-order valence-electron chi connectivity index (χ0n) is 19.3. The molecule has 8 nitrogen and oxygen atoms in total. The molecule has 0 saturated heterocycles. The van der Waals surface area contributed by atoms with Crippen LogP contribution >= 0.6 is 0 Å². The van der Waals surface area contributed by atoms with Crippen molar-refractivity contribution in [1.29, 1.82) is 0 Å². The van der Waals surface area contributed by atoms with Crippen LogP contribution in [0.15, 0.2) is 55.1 Å². The summed E-state index contributed by atoms with van der Waals surface area (Å²) in [5.74, 6) is 1.01. The van der Waals surface area contributed by atoms with Crippen molar-refractivity contribution in [3.05, 3.63) is 71.8 Å². The molecule has 0 aliphatic heterocycles. The number of hydrogen-bond donors (Lipinski definition) is 1. The molecular weight excluding hydrogens is 420 g/mol. The minimum absolute atomic E-state index is 0.0440. The Kier molecular flexibility index (Phi) is 8.46. The summed E-state index contributed by atoms with van der Waals surface area (Å²) in [6.45, 7) is 1.34. The third-order valence-corrected chi connectivity index (χ3v) is 5.35. The second kappa shape index (κ2) is 11.7. The van der Waals surface area contributed by atoms with Crippen molar-refractivity contribution in [2.24, 2.45) is 5.73 Å². The number of carbonyl (C=O) groups is 1. The number of methoxy groups -OCH3 is 3. The zero-order chi connectivity index (χ0) is 23.6. The summed E-state index contributed by atoms with van der Waals surface area (Å²) in [5, 5.41) is 0. The van der Waals surface area contributed by atoms with Gasteiger partial charge in [0.2, 0.25) is 11.7 Å². The van der Waals surface area contributed by atoms with E-state index in [-0.39, 0.29) is 6.42 Å². The molecule has 1 amide bonds. The lowest BCUT2D eigenvalue weighted by Crippen LogP contribution is -2.30. The van der Waals surface area contributed by atoms with Crippen LogP contribution < -0.4 is 24.8 Å². The molecule has 2 N–H and O–H groups in total. The second-order valence-corrected chi connectivity index (χ2v) is 7.51. The average molecular weight is 451 g/mol. The Hall–Kier alpha value is -3.81. The molecule has 0 radical (unpaired) electrons. The van der Waals surface area contributed by atoms with Crippen LogP contribution in [-0.4, -0.2) is 50.3 Å². The van der Waals surface area contributed by atoms with Crippen LogP contribution in [0.25, 0.3) is 0 Å². The van der Waals surface area contributed by atoms with Crippen molar-refractivity contribution in [2.75, 3.05) is 39.3 Å². The van der Waals surface area contributed by atoms with Crippen LogP contribution in [0.5, 0.6) is 17.2 Å². The molecule has 1 aromatic carbocycles. The van der Waals surface area contributed by atoms with Gasteiger partial charge in [0.25, 0.3) is 0 Å². The number of rotatable bonds is 12. The number of nitrogens with zero attached hydrogens (tertiary/aromatic N) is 3. The predicted molar refractivity (Wildman–Crippen MR) is 127 cm³/mol. The minimum Gasteiger partial charge on any atom is -0.493 e. The van der Waals surface area contributed by atoms with Gasteiger partial charge in [-0.25, -0.2) is 0 Å². The topological polar surface area (TPSA) is 99.8 Å². The number of pyridine rings is 2. The van der Waals surface area contributed by atoms with Crippen LogP contribution in [0.1, 0.15) is 16.7 Å². The Bertz CT molecular complexity index is 1000. The van der Waals surface area contributed by atoms with E-state index in [0.717, 1.165) is 35.2 Å². The smallest absolute Gasteiger partial charge is 0.221 e. The standard InChI is InChI=1S/C25H30N4O4/c1-31-21-14-20(15-22(26)30)23(25(33-3)24(21)32-2)29(12-8-18-6-4-10-27-16-18)13-9-19-7-5-11-28-17-19/h4-7,10-11,14,16-17H,8-9,12-13,15H2,1-3H3,(H2,26,30). The summed E-state index contributed by atoms with van der Waals surface area (Å²) in [4.78, 5) is 22.6. The number of hydrogen-bond acceptors (Lipinski definition) is 7. The molecule has 0 fully saturated rings. The lowest BCUT2D eigenvalue weighted by atomic mass is 10.0. The summed E-state index contributed by atoms with van der Waals surface area (Å²) < 4.78 is 16.9. The number of aromatic nitrogens is 2. The molecule has 0 aliphatic rings. The first-order chi connectivity index (χ1) is 16.1. The summed E-state index contributed by atoms with van der Waals surface area (Å²) in [5.41, 5.74) is 9.29. The first-order valence-corrected chi connectivity index (χ1v) is 10.7. The molecule has 0 aliphatic carbocycles. The number of ether oxygens (including phenoxy) is 3. The molecular formula is C25H30N4O4. The van der Waals surface area contributed by atoms with Crippen molar-refractivity contribution in [2.45, 2.75) is 19.3 Å².